The Morgan fingerprint density at radius 2 is 2.00 bits per heavy atom. The number of hydrogen-bond acceptors (Lipinski definition) is 2. The third kappa shape index (κ3) is 2.76. The summed E-state index contributed by atoms with van der Waals surface area (Å²) in [5.74, 6) is 1.26. The molecule has 2 aliphatic rings. The number of rotatable bonds is 2. The van der Waals surface area contributed by atoms with E-state index in [1.807, 2.05) is 6.07 Å². The Labute approximate surface area is 141 Å². The van der Waals surface area contributed by atoms with E-state index in [2.05, 4.69) is 19.0 Å². The van der Waals surface area contributed by atoms with Gasteiger partial charge in [-0.1, -0.05) is 41.2 Å². The van der Waals surface area contributed by atoms with Crippen LogP contribution in [0.25, 0.3) is 0 Å². The molecule has 3 rings (SSSR count). The number of ether oxygens (including phenoxy) is 1. The Morgan fingerprint density at radius 1 is 1.24 bits per heavy atom. The Balaban J connectivity index is 1.95. The topological polar surface area (TPSA) is 12.5 Å². The van der Waals surface area contributed by atoms with Crippen LogP contribution in [0.5, 0.6) is 5.75 Å². The summed E-state index contributed by atoms with van der Waals surface area (Å²) in [7, 11) is 4.23. The van der Waals surface area contributed by atoms with E-state index in [0.717, 1.165) is 30.7 Å². The molecule has 2 nitrogen and oxygen atoms in total. The van der Waals surface area contributed by atoms with Gasteiger partial charge in [-0.05, 0) is 39.4 Å². The SMILES string of the molecule is CN(C)CC1CCCCC12Cc1cc(Cl)c(Cl)c(Cl)c1O2. The lowest BCUT2D eigenvalue weighted by Crippen LogP contribution is -2.48. The summed E-state index contributed by atoms with van der Waals surface area (Å²) in [4.78, 5) is 2.24. The molecule has 1 heterocycles. The van der Waals surface area contributed by atoms with Crippen LogP contribution in [-0.2, 0) is 6.42 Å². The molecule has 21 heavy (non-hydrogen) atoms. The second-order valence-corrected chi connectivity index (χ2v) is 7.69. The Kier molecular flexibility index (Phi) is 4.35. The van der Waals surface area contributed by atoms with Crippen molar-refractivity contribution in [3.63, 3.8) is 0 Å². The lowest BCUT2D eigenvalue weighted by molar-refractivity contribution is -0.0149. The normalized spacial score (nSPS) is 28.0. The number of nitrogens with zero attached hydrogens (tertiary/aromatic N) is 1. The Hall–Kier alpha value is -0.150. The maximum absolute atomic E-state index is 6.41. The fourth-order valence-corrected chi connectivity index (χ4v) is 4.46. The first-order chi connectivity index (χ1) is 9.93. The van der Waals surface area contributed by atoms with Crippen molar-refractivity contribution in [3.05, 3.63) is 26.7 Å². The first-order valence-electron chi connectivity index (χ1n) is 7.43. The zero-order chi connectivity index (χ0) is 15.2. The Morgan fingerprint density at radius 3 is 2.71 bits per heavy atom. The molecule has 0 aromatic heterocycles. The molecule has 0 saturated heterocycles. The maximum atomic E-state index is 6.41. The van der Waals surface area contributed by atoms with Crippen LogP contribution in [0, 0.1) is 5.92 Å². The van der Waals surface area contributed by atoms with Crippen LogP contribution in [0.15, 0.2) is 6.07 Å². The highest BCUT2D eigenvalue weighted by molar-refractivity contribution is 6.48. The van der Waals surface area contributed by atoms with Crippen LogP contribution in [-0.4, -0.2) is 31.1 Å². The number of benzene rings is 1. The molecule has 2 unspecified atom stereocenters. The van der Waals surface area contributed by atoms with Crippen molar-refractivity contribution in [1.29, 1.82) is 0 Å². The monoisotopic (exact) mass is 347 g/mol. The van der Waals surface area contributed by atoms with E-state index >= 15 is 0 Å². The van der Waals surface area contributed by atoms with E-state index < -0.39 is 0 Å². The minimum absolute atomic E-state index is 0.136. The second-order valence-electron chi connectivity index (χ2n) is 6.52. The van der Waals surface area contributed by atoms with Gasteiger partial charge in [0.15, 0.2) is 0 Å². The van der Waals surface area contributed by atoms with E-state index in [4.69, 9.17) is 39.5 Å². The van der Waals surface area contributed by atoms with Gasteiger partial charge in [0.2, 0.25) is 0 Å². The van der Waals surface area contributed by atoms with Crippen LogP contribution in [0.1, 0.15) is 31.2 Å². The highest BCUT2D eigenvalue weighted by Gasteiger charge is 2.48. The molecule has 0 bridgehead atoms. The zero-order valence-electron chi connectivity index (χ0n) is 12.4. The van der Waals surface area contributed by atoms with Crippen molar-refractivity contribution >= 4 is 34.8 Å². The fraction of sp³-hybridized carbons (Fsp3) is 0.625. The van der Waals surface area contributed by atoms with Gasteiger partial charge in [0.05, 0.1) is 10.0 Å². The minimum Gasteiger partial charge on any atom is -0.485 e. The van der Waals surface area contributed by atoms with Gasteiger partial charge in [-0.15, -0.1) is 0 Å². The molecular formula is C16H20Cl3NO. The predicted molar refractivity (Wildman–Crippen MR) is 89.0 cm³/mol. The van der Waals surface area contributed by atoms with Crippen LogP contribution in [0.3, 0.4) is 0 Å². The van der Waals surface area contributed by atoms with Crippen molar-refractivity contribution in [2.24, 2.45) is 5.92 Å². The van der Waals surface area contributed by atoms with Crippen LogP contribution < -0.4 is 4.74 Å². The van der Waals surface area contributed by atoms with Gasteiger partial charge in [0.25, 0.3) is 0 Å². The molecule has 0 amide bonds. The molecule has 5 heteroatoms. The first-order valence-corrected chi connectivity index (χ1v) is 8.56. The second kappa shape index (κ2) is 5.81. The summed E-state index contributed by atoms with van der Waals surface area (Å²) in [6.45, 7) is 1.03. The molecule has 2 atom stereocenters. The summed E-state index contributed by atoms with van der Waals surface area (Å²) >= 11 is 18.7. The van der Waals surface area contributed by atoms with E-state index in [-0.39, 0.29) is 5.60 Å². The summed E-state index contributed by atoms with van der Waals surface area (Å²) < 4.78 is 6.41. The van der Waals surface area contributed by atoms with Crippen molar-refractivity contribution in [3.8, 4) is 5.75 Å². The molecule has 1 aromatic rings. The minimum atomic E-state index is -0.136. The van der Waals surface area contributed by atoms with Crippen molar-refractivity contribution in [2.75, 3.05) is 20.6 Å². The van der Waals surface area contributed by atoms with Crippen molar-refractivity contribution in [2.45, 2.75) is 37.7 Å². The van der Waals surface area contributed by atoms with Crippen molar-refractivity contribution < 1.29 is 4.74 Å². The van der Waals surface area contributed by atoms with Gasteiger partial charge >= 0.3 is 0 Å². The standard InChI is InChI=1S/C16H20Cl3NO/c1-20(2)9-11-5-3-4-6-16(11)8-10-7-12(17)13(18)14(19)15(10)21-16/h7,11H,3-6,8-9H2,1-2H3. The third-order valence-electron chi connectivity index (χ3n) is 4.72. The number of halogens is 3. The molecule has 0 N–H and O–H groups in total. The van der Waals surface area contributed by atoms with E-state index in [1.54, 1.807) is 0 Å². The Bertz CT molecular complexity index is 561. The summed E-state index contributed by atoms with van der Waals surface area (Å²) in [6.07, 6.45) is 5.64. The lowest BCUT2D eigenvalue weighted by atomic mass is 9.73. The lowest BCUT2D eigenvalue weighted by Gasteiger charge is -2.42. The van der Waals surface area contributed by atoms with Crippen LogP contribution in [0.2, 0.25) is 15.1 Å². The molecule has 1 aliphatic carbocycles. The van der Waals surface area contributed by atoms with Gasteiger partial charge in [-0.2, -0.15) is 0 Å². The number of fused-ring (bicyclic) bond motifs is 1. The molecule has 1 saturated carbocycles. The average Bonchev–Trinajstić information content (AvgIpc) is 2.78. The summed E-state index contributed by atoms with van der Waals surface area (Å²) in [6, 6.07) is 1.92. The molecular weight excluding hydrogens is 329 g/mol. The third-order valence-corrected chi connectivity index (χ3v) is 5.97. The zero-order valence-corrected chi connectivity index (χ0v) is 14.7. The smallest absolute Gasteiger partial charge is 0.143 e. The van der Waals surface area contributed by atoms with Gasteiger partial charge in [0.1, 0.15) is 16.4 Å². The average molecular weight is 349 g/mol. The van der Waals surface area contributed by atoms with Crippen LogP contribution in [0.4, 0.5) is 0 Å². The van der Waals surface area contributed by atoms with Gasteiger partial charge in [-0.25, -0.2) is 0 Å². The van der Waals surface area contributed by atoms with E-state index in [1.165, 1.54) is 19.3 Å². The molecule has 1 fully saturated rings. The maximum Gasteiger partial charge on any atom is 0.143 e. The summed E-state index contributed by atoms with van der Waals surface area (Å²) in [5, 5.41) is 1.38. The molecule has 1 aliphatic heterocycles. The highest BCUT2D eigenvalue weighted by atomic mass is 35.5. The van der Waals surface area contributed by atoms with E-state index in [0.29, 0.717) is 21.0 Å². The predicted octanol–water partition coefficient (Wildman–Crippen LogP) is 5.07. The highest BCUT2D eigenvalue weighted by Crippen LogP contribution is 2.52. The van der Waals surface area contributed by atoms with E-state index in [9.17, 15) is 0 Å². The van der Waals surface area contributed by atoms with Gasteiger partial charge in [0, 0.05) is 24.4 Å². The van der Waals surface area contributed by atoms with Gasteiger partial charge < -0.3 is 9.64 Å². The molecule has 1 aromatic carbocycles. The summed E-state index contributed by atoms with van der Waals surface area (Å²) in [5.41, 5.74) is 0.961. The molecule has 116 valence electrons. The first kappa shape index (κ1) is 15.7. The van der Waals surface area contributed by atoms with Crippen LogP contribution >= 0.6 is 34.8 Å². The fourth-order valence-electron chi connectivity index (χ4n) is 3.78. The van der Waals surface area contributed by atoms with Gasteiger partial charge in [-0.3, -0.25) is 0 Å². The molecule has 0 radical (unpaired) electrons. The largest absolute Gasteiger partial charge is 0.485 e. The molecule has 1 spiro atoms. The van der Waals surface area contributed by atoms with Crippen molar-refractivity contribution in [1.82, 2.24) is 4.90 Å². The quantitative estimate of drug-likeness (QED) is 0.692. The number of hydrogen-bond donors (Lipinski definition) is 0.